The van der Waals surface area contributed by atoms with E-state index in [1.807, 2.05) is 83.1 Å². The monoisotopic (exact) mass is 495 g/mol. The molecule has 0 aliphatic rings. The largest absolute Gasteiger partial charge is 0.444 e. The van der Waals surface area contributed by atoms with Crippen molar-refractivity contribution in [2.24, 2.45) is 0 Å². The van der Waals surface area contributed by atoms with Crippen LogP contribution in [-0.4, -0.2) is 40.5 Å². The van der Waals surface area contributed by atoms with E-state index >= 15 is 0 Å². The summed E-state index contributed by atoms with van der Waals surface area (Å²) in [5.41, 5.74) is 2.46. The van der Waals surface area contributed by atoms with Gasteiger partial charge in [-0.1, -0.05) is 55.5 Å². The fraction of sp³-hybridized carbons (Fsp3) is 0.483. The Bertz CT molecular complexity index is 1060. The average Bonchev–Trinajstić information content (AvgIpc) is 2.80. The number of alkyl carbamates (subject to hydrolysis) is 1. The number of rotatable bonds is 9. The van der Waals surface area contributed by atoms with Crippen molar-refractivity contribution >= 4 is 17.9 Å². The molecule has 7 nitrogen and oxygen atoms in total. The van der Waals surface area contributed by atoms with Gasteiger partial charge in [0.15, 0.2) is 0 Å². The maximum atomic E-state index is 13.7. The highest BCUT2D eigenvalue weighted by atomic mass is 16.6. The first kappa shape index (κ1) is 28.9. The molecule has 7 heteroatoms. The molecule has 0 spiro atoms. The van der Waals surface area contributed by atoms with E-state index < -0.39 is 23.3 Å². The molecule has 0 bridgehead atoms. The molecule has 2 N–H and O–H groups in total. The molecule has 36 heavy (non-hydrogen) atoms. The molecular formula is C29H41N3O4. The number of hydrogen-bond donors (Lipinski definition) is 2. The average molecular weight is 496 g/mol. The molecule has 0 saturated heterocycles. The van der Waals surface area contributed by atoms with Crippen molar-refractivity contribution < 1.29 is 19.1 Å². The number of nitrogens with one attached hydrogen (secondary N) is 2. The number of ether oxygens (including phenoxy) is 1. The van der Waals surface area contributed by atoms with E-state index in [1.165, 1.54) is 0 Å². The topological polar surface area (TPSA) is 87.7 Å². The summed E-state index contributed by atoms with van der Waals surface area (Å²) in [6.45, 7) is 15.1. The van der Waals surface area contributed by atoms with Crippen LogP contribution in [0.25, 0.3) is 0 Å². The molecule has 3 amide bonds. The Morgan fingerprint density at radius 2 is 1.56 bits per heavy atom. The van der Waals surface area contributed by atoms with Crippen LogP contribution in [0.15, 0.2) is 48.5 Å². The Labute approximate surface area is 215 Å². The van der Waals surface area contributed by atoms with Crippen molar-refractivity contribution in [2.75, 3.05) is 6.54 Å². The van der Waals surface area contributed by atoms with Crippen LogP contribution in [0.2, 0.25) is 0 Å². The number of carbonyl (C=O) groups excluding carboxylic acids is 3. The molecule has 1 unspecified atom stereocenters. The first-order valence-electron chi connectivity index (χ1n) is 12.4. The lowest BCUT2D eigenvalue weighted by molar-refractivity contribution is -0.146. The molecule has 196 valence electrons. The predicted molar refractivity (Wildman–Crippen MR) is 142 cm³/mol. The molecule has 2 aromatic rings. The minimum atomic E-state index is -0.879. The fourth-order valence-electron chi connectivity index (χ4n) is 3.78. The van der Waals surface area contributed by atoms with Crippen molar-refractivity contribution in [1.29, 1.82) is 0 Å². The molecule has 2 aromatic carbocycles. The quantitative estimate of drug-likeness (QED) is 0.500. The molecule has 2 rings (SSSR count). The predicted octanol–water partition coefficient (Wildman–Crippen LogP) is 5.20. The molecule has 0 aliphatic heterocycles. The third-order valence-corrected chi connectivity index (χ3v) is 6.23. The minimum absolute atomic E-state index is 0.283. The van der Waals surface area contributed by atoms with E-state index in [-0.39, 0.29) is 18.4 Å². The smallest absolute Gasteiger partial charge is 0.408 e. The first-order valence-corrected chi connectivity index (χ1v) is 12.4. The van der Waals surface area contributed by atoms with Crippen molar-refractivity contribution in [2.45, 2.75) is 85.5 Å². The van der Waals surface area contributed by atoms with Crippen LogP contribution in [0.3, 0.4) is 0 Å². The Morgan fingerprint density at radius 3 is 2.11 bits per heavy atom. The number of amides is 3. The van der Waals surface area contributed by atoms with Crippen molar-refractivity contribution in [3.63, 3.8) is 0 Å². The summed E-state index contributed by atoms with van der Waals surface area (Å²) in [6, 6.07) is 14.6. The SMILES string of the molecule is CCC(C)(C)N(C(=O)CNC(=O)OC(C)(C)C)C(C(=O)NCc1ccccc1)c1ccc(C)c(C)c1. The highest BCUT2D eigenvalue weighted by Gasteiger charge is 2.40. The van der Waals surface area contributed by atoms with Crippen LogP contribution in [-0.2, 0) is 20.9 Å². The van der Waals surface area contributed by atoms with Gasteiger partial charge < -0.3 is 20.3 Å². The van der Waals surface area contributed by atoms with Gasteiger partial charge in [-0.05, 0) is 77.1 Å². The number of hydrogen-bond acceptors (Lipinski definition) is 4. The molecular weight excluding hydrogens is 454 g/mol. The van der Waals surface area contributed by atoms with E-state index in [1.54, 1.807) is 25.7 Å². The summed E-state index contributed by atoms with van der Waals surface area (Å²) in [6.07, 6.45) is -0.0697. The van der Waals surface area contributed by atoms with E-state index in [9.17, 15) is 14.4 Å². The summed E-state index contributed by atoms with van der Waals surface area (Å²) < 4.78 is 5.29. The standard InChI is InChI=1S/C29H41N3O4/c1-9-29(7,8)32(24(33)19-31-27(35)36-28(4,5)6)25(23-16-15-20(2)21(3)17-23)26(34)30-18-22-13-11-10-12-14-22/h10-17,25H,9,18-19H2,1-8H3,(H,30,34)(H,31,35). The lowest BCUT2D eigenvalue weighted by atomic mass is 9.91. The van der Waals surface area contributed by atoms with Gasteiger partial charge in [-0.2, -0.15) is 0 Å². The van der Waals surface area contributed by atoms with Gasteiger partial charge in [0.25, 0.3) is 0 Å². The van der Waals surface area contributed by atoms with Gasteiger partial charge in [-0.25, -0.2) is 4.79 Å². The molecule has 0 aromatic heterocycles. The van der Waals surface area contributed by atoms with Gasteiger partial charge in [-0.3, -0.25) is 9.59 Å². The normalized spacial score (nSPS) is 12.4. The summed E-state index contributed by atoms with van der Waals surface area (Å²) in [5.74, 6) is -0.653. The van der Waals surface area contributed by atoms with Crippen LogP contribution in [0.1, 0.15) is 76.3 Å². The van der Waals surface area contributed by atoms with Crippen molar-refractivity contribution in [3.05, 3.63) is 70.8 Å². The van der Waals surface area contributed by atoms with E-state index in [4.69, 9.17) is 4.74 Å². The van der Waals surface area contributed by atoms with E-state index in [0.717, 1.165) is 22.3 Å². The molecule has 0 saturated carbocycles. The number of nitrogens with zero attached hydrogens (tertiary/aromatic N) is 1. The summed E-state index contributed by atoms with van der Waals surface area (Å²) >= 11 is 0. The molecule has 0 fully saturated rings. The van der Waals surface area contributed by atoms with Gasteiger partial charge in [0, 0.05) is 12.1 Å². The van der Waals surface area contributed by atoms with Crippen LogP contribution >= 0.6 is 0 Å². The van der Waals surface area contributed by atoms with Gasteiger partial charge in [-0.15, -0.1) is 0 Å². The lowest BCUT2D eigenvalue weighted by Gasteiger charge is -2.43. The van der Waals surface area contributed by atoms with Gasteiger partial charge in [0.2, 0.25) is 11.8 Å². The van der Waals surface area contributed by atoms with Crippen LogP contribution in [0, 0.1) is 13.8 Å². The Kier molecular flexibility index (Phi) is 9.68. The lowest BCUT2D eigenvalue weighted by Crippen LogP contribution is -2.56. The summed E-state index contributed by atoms with van der Waals surface area (Å²) in [7, 11) is 0. The second-order valence-corrected chi connectivity index (χ2v) is 10.7. The summed E-state index contributed by atoms with van der Waals surface area (Å²) in [4.78, 5) is 41.2. The molecule has 1 atom stereocenters. The van der Waals surface area contributed by atoms with Gasteiger partial charge >= 0.3 is 6.09 Å². The van der Waals surface area contributed by atoms with Crippen LogP contribution < -0.4 is 10.6 Å². The highest BCUT2D eigenvalue weighted by Crippen LogP contribution is 2.32. The summed E-state index contributed by atoms with van der Waals surface area (Å²) in [5, 5.41) is 5.57. The number of benzene rings is 2. The highest BCUT2D eigenvalue weighted by molar-refractivity contribution is 5.91. The number of aryl methyl sites for hydroxylation is 2. The minimum Gasteiger partial charge on any atom is -0.444 e. The first-order chi connectivity index (χ1) is 16.7. The second kappa shape index (κ2) is 12.1. The second-order valence-electron chi connectivity index (χ2n) is 10.7. The van der Waals surface area contributed by atoms with Crippen molar-refractivity contribution in [1.82, 2.24) is 15.5 Å². The maximum Gasteiger partial charge on any atom is 0.408 e. The van der Waals surface area contributed by atoms with Crippen molar-refractivity contribution in [3.8, 4) is 0 Å². The maximum absolute atomic E-state index is 13.7. The Balaban J connectivity index is 2.42. The van der Waals surface area contributed by atoms with Crippen LogP contribution in [0.4, 0.5) is 4.79 Å². The van der Waals surface area contributed by atoms with E-state index in [0.29, 0.717) is 13.0 Å². The number of carbonyl (C=O) groups is 3. The third-order valence-electron chi connectivity index (χ3n) is 6.23. The Hall–Kier alpha value is -3.35. The zero-order valence-electron chi connectivity index (χ0n) is 22.9. The molecule has 0 heterocycles. The molecule has 0 radical (unpaired) electrons. The molecule has 0 aliphatic carbocycles. The fourth-order valence-corrected chi connectivity index (χ4v) is 3.78. The van der Waals surface area contributed by atoms with Crippen LogP contribution in [0.5, 0.6) is 0 Å². The zero-order chi connectivity index (χ0) is 27.1. The zero-order valence-corrected chi connectivity index (χ0v) is 22.9. The van der Waals surface area contributed by atoms with Gasteiger partial charge in [0.05, 0.1) is 0 Å². The Morgan fingerprint density at radius 1 is 0.917 bits per heavy atom. The van der Waals surface area contributed by atoms with Gasteiger partial charge in [0.1, 0.15) is 18.2 Å². The third kappa shape index (κ3) is 8.11. The van der Waals surface area contributed by atoms with E-state index in [2.05, 4.69) is 10.6 Å².